The fourth-order valence-electron chi connectivity index (χ4n) is 6.79. The number of carbonyl (C=O) groups is 3. The van der Waals surface area contributed by atoms with E-state index in [1.54, 1.807) is 10.9 Å². The maximum absolute atomic E-state index is 13.5. The molecule has 10 heteroatoms. The summed E-state index contributed by atoms with van der Waals surface area (Å²) in [6, 6.07) is 15.6. The van der Waals surface area contributed by atoms with E-state index >= 15 is 0 Å². The molecule has 49 heavy (non-hydrogen) atoms. The number of carbonyl (C=O) groups excluding carboxylic acids is 2. The maximum atomic E-state index is 13.5. The lowest BCUT2D eigenvalue weighted by molar-refractivity contribution is -0.153. The number of carboxylic acids is 1. The molecule has 10 nitrogen and oxygen atoms in total. The van der Waals surface area contributed by atoms with E-state index in [-0.39, 0.29) is 31.0 Å². The minimum atomic E-state index is -0.928. The van der Waals surface area contributed by atoms with Gasteiger partial charge in [0, 0.05) is 49.2 Å². The second-order valence-electron chi connectivity index (χ2n) is 14.6. The first kappa shape index (κ1) is 34.0. The Balaban J connectivity index is 1.11. The van der Waals surface area contributed by atoms with E-state index in [2.05, 4.69) is 51.6 Å². The summed E-state index contributed by atoms with van der Waals surface area (Å²) in [5, 5.41) is 16.5. The van der Waals surface area contributed by atoms with Gasteiger partial charge in [0.2, 0.25) is 5.91 Å². The fourth-order valence-corrected chi connectivity index (χ4v) is 6.79. The molecule has 2 fully saturated rings. The van der Waals surface area contributed by atoms with Crippen molar-refractivity contribution in [2.45, 2.75) is 83.7 Å². The summed E-state index contributed by atoms with van der Waals surface area (Å²) in [6.45, 7) is 8.50. The zero-order valence-corrected chi connectivity index (χ0v) is 28.8. The van der Waals surface area contributed by atoms with Crippen LogP contribution in [0.2, 0.25) is 0 Å². The Labute approximate surface area is 288 Å². The van der Waals surface area contributed by atoms with Crippen LogP contribution in [0.1, 0.15) is 87.2 Å². The predicted molar refractivity (Wildman–Crippen MR) is 188 cm³/mol. The molecule has 2 amide bonds. The Kier molecular flexibility index (Phi) is 9.94. The molecule has 1 aliphatic carbocycles. The molecular weight excluding hydrogens is 616 g/mol. The van der Waals surface area contributed by atoms with Gasteiger partial charge in [-0.2, -0.15) is 5.10 Å². The quantitative estimate of drug-likeness (QED) is 0.203. The zero-order chi connectivity index (χ0) is 34.7. The normalized spacial score (nSPS) is 18.8. The molecule has 2 aliphatic rings. The highest BCUT2D eigenvalue weighted by atomic mass is 16.4. The van der Waals surface area contributed by atoms with Crippen LogP contribution in [0.5, 0.6) is 0 Å². The first-order valence-electron chi connectivity index (χ1n) is 17.4. The van der Waals surface area contributed by atoms with Gasteiger partial charge in [0.05, 0.1) is 23.2 Å². The monoisotopic (exact) mass is 662 g/mol. The molecule has 0 bridgehead atoms. The Morgan fingerprint density at radius 3 is 2.08 bits per heavy atom. The van der Waals surface area contributed by atoms with Crippen molar-refractivity contribution in [3.8, 4) is 22.5 Å². The van der Waals surface area contributed by atoms with Gasteiger partial charge in [0.1, 0.15) is 6.04 Å². The summed E-state index contributed by atoms with van der Waals surface area (Å²) in [5.74, 6) is -0.110. The first-order valence-corrected chi connectivity index (χ1v) is 17.4. The van der Waals surface area contributed by atoms with Gasteiger partial charge in [-0.15, -0.1) is 0 Å². The number of aliphatic carboxylic acids is 1. The number of hydrogen-bond acceptors (Lipinski definition) is 6. The highest BCUT2D eigenvalue weighted by Gasteiger charge is 2.39. The van der Waals surface area contributed by atoms with Crippen LogP contribution >= 0.6 is 0 Å². The Morgan fingerprint density at radius 1 is 0.878 bits per heavy atom. The van der Waals surface area contributed by atoms with Crippen molar-refractivity contribution in [3.63, 3.8) is 0 Å². The standard InChI is InChI=1S/C39H46N6O4/c1-5-25-6-10-27(11-7-25)28-14-16-29(17-15-28)31-19-40-35(41-20-31)30-12-8-26(9-13-30)18-34(37(47)44-22-33(23-44)38(48)49)43-36(46)32-21-42-45(24-32)39(2,3)4/h8-9,12-17,19-21,24-25,27,33-34H,5-7,10-11,18,22-23H2,1-4H3,(H,43,46)(H,48,49)/t25?,27?,34-/m0/s1. The number of amides is 2. The minimum Gasteiger partial charge on any atom is -0.481 e. The third-order valence-corrected chi connectivity index (χ3v) is 10.1. The SMILES string of the molecule is CCC1CCC(c2ccc(-c3cnc(-c4ccc(C[C@H](NC(=O)c5cnn(C(C)(C)C)c5)C(=O)N5CC(C(=O)O)C5)cc4)nc3)cc2)CC1. The third-order valence-electron chi connectivity index (χ3n) is 10.1. The van der Waals surface area contributed by atoms with E-state index in [1.807, 2.05) is 57.4 Å². The van der Waals surface area contributed by atoms with E-state index in [9.17, 15) is 19.5 Å². The lowest BCUT2D eigenvalue weighted by Gasteiger charge is -2.38. The van der Waals surface area contributed by atoms with Gasteiger partial charge >= 0.3 is 5.97 Å². The van der Waals surface area contributed by atoms with Crippen LogP contribution in [0.4, 0.5) is 0 Å². The number of aromatic nitrogens is 4. The van der Waals surface area contributed by atoms with Crippen LogP contribution in [0.3, 0.4) is 0 Å². The smallest absolute Gasteiger partial charge is 0.310 e. The van der Waals surface area contributed by atoms with Gasteiger partial charge < -0.3 is 15.3 Å². The van der Waals surface area contributed by atoms with Gasteiger partial charge in [0.25, 0.3) is 5.91 Å². The molecule has 1 saturated heterocycles. The molecule has 3 heterocycles. The molecule has 2 aromatic carbocycles. The molecule has 0 unspecified atom stereocenters. The maximum Gasteiger partial charge on any atom is 0.310 e. The number of nitrogens with one attached hydrogen (secondary N) is 1. The van der Waals surface area contributed by atoms with E-state index in [0.29, 0.717) is 17.3 Å². The minimum absolute atomic E-state index is 0.124. The number of rotatable bonds is 10. The van der Waals surface area contributed by atoms with Crippen molar-refractivity contribution in [2.24, 2.45) is 11.8 Å². The van der Waals surface area contributed by atoms with Crippen molar-refractivity contribution in [2.75, 3.05) is 13.1 Å². The summed E-state index contributed by atoms with van der Waals surface area (Å²) in [6.07, 6.45) is 13.6. The number of hydrogen-bond donors (Lipinski definition) is 2. The van der Waals surface area contributed by atoms with Crippen LogP contribution in [0.15, 0.2) is 73.3 Å². The Morgan fingerprint density at radius 2 is 1.51 bits per heavy atom. The highest BCUT2D eigenvalue weighted by molar-refractivity contribution is 5.97. The summed E-state index contributed by atoms with van der Waals surface area (Å²) in [5.41, 5.74) is 5.19. The molecule has 0 spiro atoms. The summed E-state index contributed by atoms with van der Waals surface area (Å²) < 4.78 is 1.70. The lowest BCUT2D eigenvalue weighted by atomic mass is 9.78. The van der Waals surface area contributed by atoms with Gasteiger partial charge in [0.15, 0.2) is 5.82 Å². The van der Waals surface area contributed by atoms with Crippen molar-refractivity contribution in [1.82, 2.24) is 30.0 Å². The second-order valence-corrected chi connectivity index (χ2v) is 14.6. The molecule has 4 aromatic rings. The van der Waals surface area contributed by atoms with Gasteiger partial charge in [-0.1, -0.05) is 61.9 Å². The Hall–Kier alpha value is -4.86. The average molecular weight is 663 g/mol. The molecular formula is C39H46N6O4. The van der Waals surface area contributed by atoms with E-state index in [0.717, 1.165) is 28.2 Å². The molecule has 2 N–H and O–H groups in total. The van der Waals surface area contributed by atoms with Crippen LogP contribution < -0.4 is 5.32 Å². The largest absolute Gasteiger partial charge is 0.481 e. The van der Waals surface area contributed by atoms with Crippen molar-refractivity contribution < 1.29 is 19.5 Å². The topological polar surface area (TPSA) is 130 Å². The molecule has 256 valence electrons. The van der Waals surface area contributed by atoms with Gasteiger partial charge in [-0.05, 0) is 75.0 Å². The van der Waals surface area contributed by atoms with Crippen LogP contribution in [0.25, 0.3) is 22.5 Å². The molecule has 1 aliphatic heterocycles. The summed E-state index contributed by atoms with van der Waals surface area (Å²) in [7, 11) is 0. The number of nitrogens with zero attached hydrogens (tertiary/aromatic N) is 5. The fraction of sp³-hybridized carbons (Fsp3) is 0.436. The van der Waals surface area contributed by atoms with Crippen molar-refractivity contribution >= 4 is 17.8 Å². The van der Waals surface area contributed by atoms with Crippen LogP contribution in [-0.4, -0.2) is 66.7 Å². The van der Waals surface area contributed by atoms with Crippen molar-refractivity contribution in [1.29, 1.82) is 0 Å². The third kappa shape index (κ3) is 7.90. The zero-order valence-electron chi connectivity index (χ0n) is 28.8. The average Bonchev–Trinajstić information content (AvgIpc) is 3.60. The second kappa shape index (κ2) is 14.3. The molecule has 1 atom stereocenters. The van der Waals surface area contributed by atoms with E-state index < -0.39 is 23.8 Å². The number of likely N-dealkylation sites (tertiary alicyclic amines) is 1. The van der Waals surface area contributed by atoms with Crippen LogP contribution in [-0.2, 0) is 21.5 Å². The molecule has 6 rings (SSSR count). The predicted octanol–water partition coefficient (Wildman–Crippen LogP) is 6.33. The van der Waals surface area contributed by atoms with Gasteiger partial charge in [-0.25, -0.2) is 9.97 Å². The summed E-state index contributed by atoms with van der Waals surface area (Å²) in [4.78, 5) is 48.8. The van der Waals surface area contributed by atoms with Gasteiger partial charge in [-0.3, -0.25) is 19.1 Å². The van der Waals surface area contributed by atoms with E-state index in [1.165, 1.54) is 48.8 Å². The number of benzene rings is 2. The molecule has 1 saturated carbocycles. The Bertz CT molecular complexity index is 1760. The molecule has 0 radical (unpaired) electrons. The highest BCUT2D eigenvalue weighted by Crippen LogP contribution is 2.37. The van der Waals surface area contributed by atoms with Crippen molar-refractivity contribution in [3.05, 3.63) is 90.0 Å². The molecule has 2 aromatic heterocycles. The van der Waals surface area contributed by atoms with E-state index in [4.69, 9.17) is 0 Å². The first-order chi connectivity index (χ1) is 23.5. The lowest BCUT2D eigenvalue weighted by Crippen LogP contribution is -2.59. The summed E-state index contributed by atoms with van der Waals surface area (Å²) >= 11 is 0. The number of carboxylic acid groups (broad SMARTS) is 1. The van der Waals surface area contributed by atoms with Crippen LogP contribution in [0, 0.1) is 11.8 Å².